The zero-order valence-corrected chi connectivity index (χ0v) is 24.5. The van der Waals surface area contributed by atoms with Gasteiger partial charge in [0.1, 0.15) is 0 Å². The Kier molecular flexibility index (Phi) is 9.11. The van der Waals surface area contributed by atoms with Crippen molar-refractivity contribution in [3.63, 3.8) is 0 Å². The smallest absolute Gasteiger partial charge is 0.0500 e. The van der Waals surface area contributed by atoms with Crippen LogP contribution >= 0.6 is 11.6 Å². The van der Waals surface area contributed by atoms with E-state index in [4.69, 9.17) is 11.6 Å². The van der Waals surface area contributed by atoms with E-state index in [1.54, 1.807) is 0 Å². The number of hydrogen-bond acceptors (Lipinski definition) is 3. The third kappa shape index (κ3) is 6.42. The Morgan fingerprint density at radius 2 is 1.79 bits per heavy atom. The summed E-state index contributed by atoms with van der Waals surface area (Å²) in [4.78, 5) is 2.73. The maximum absolute atomic E-state index is 6.85. The molecule has 0 radical (unpaired) electrons. The summed E-state index contributed by atoms with van der Waals surface area (Å²) in [5, 5.41) is 8.24. The Morgan fingerprint density at radius 3 is 2.54 bits per heavy atom. The molecule has 2 aliphatic rings. The van der Waals surface area contributed by atoms with Gasteiger partial charge in [-0.25, -0.2) is 0 Å². The van der Waals surface area contributed by atoms with Crippen molar-refractivity contribution in [1.29, 1.82) is 0 Å². The average molecular weight is 540 g/mol. The second-order valence-corrected chi connectivity index (χ2v) is 11.4. The minimum atomic E-state index is 0.748. The highest BCUT2D eigenvalue weighted by molar-refractivity contribution is 6.32. The van der Waals surface area contributed by atoms with Crippen molar-refractivity contribution >= 4 is 34.4 Å². The summed E-state index contributed by atoms with van der Waals surface area (Å²) in [5.41, 5.74) is 10.8. The molecule has 1 fully saturated rings. The minimum Gasteiger partial charge on any atom is -0.355 e. The van der Waals surface area contributed by atoms with Gasteiger partial charge in [-0.05, 0) is 86.1 Å². The summed E-state index contributed by atoms with van der Waals surface area (Å²) in [6, 6.07) is 24.3. The number of hydrogen-bond donors (Lipinski definition) is 2. The van der Waals surface area contributed by atoms with Crippen LogP contribution in [0.2, 0.25) is 5.02 Å². The van der Waals surface area contributed by atoms with E-state index in [0.717, 1.165) is 65.2 Å². The molecular formula is C35H42ClN3. The van der Waals surface area contributed by atoms with Crippen molar-refractivity contribution in [2.24, 2.45) is 0 Å². The maximum atomic E-state index is 6.85. The number of halogens is 1. The molecule has 1 aliphatic heterocycles. The average Bonchev–Trinajstić information content (AvgIpc) is 2.99. The molecule has 0 amide bonds. The number of benzene rings is 3. The van der Waals surface area contributed by atoms with Crippen LogP contribution in [-0.2, 0) is 13.0 Å². The van der Waals surface area contributed by atoms with E-state index in [1.165, 1.54) is 54.5 Å². The van der Waals surface area contributed by atoms with Crippen molar-refractivity contribution in [3.8, 4) is 0 Å². The number of nitrogens with zero attached hydrogens (tertiary/aromatic N) is 1. The standard InChI is InChI=1S/C35H42ClN3/c1-4-25(3)35(38-33(5-2)26-13-8-6-9-14-26)31-23-28(19-20-32(31)36)37-34-18-12-15-27-24-39(22-21-30(27)34)29-16-10-7-11-17-29/h5-6,8-9,12-15,18-20,23,29,37-38H,4,7,10-11,16-17,21-22,24H2,1-3H3/b33-5-,35-25?. The van der Waals surface area contributed by atoms with Crippen molar-refractivity contribution < 1.29 is 0 Å². The van der Waals surface area contributed by atoms with Crippen LogP contribution < -0.4 is 10.6 Å². The molecule has 1 saturated carbocycles. The number of fused-ring (bicyclic) bond motifs is 1. The lowest BCUT2D eigenvalue weighted by Crippen LogP contribution is -2.40. The molecule has 0 aromatic heterocycles. The third-order valence-corrected chi connectivity index (χ3v) is 8.82. The molecule has 0 atom stereocenters. The number of allylic oxidation sites excluding steroid dienone is 2. The molecule has 39 heavy (non-hydrogen) atoms. The van der Waals surface area contributed by atoms with Crippen LogP contribution in [0.25, 0.3) is 11.4 Å². The van der Waals surface area contributed by atoms with Gasteiger partial charge in [0.15, 0.2) is 0 Å². The highest BCUT2D eigenvalue weighted by atomic mass is 35.5. The van der Waals surface area contributed by atoms with Gasteiger partial charge in [0.05, 0.1) is 5.02 Å². The zero-order valence-electron chi connectivity index (χ0n) is 23.7. The predicted octanol–water partition coefficient (Wildman–Crippen LogP) is 9.57. The van der Waals surface area contributed by atoms with Crippen LogP contribution in [-0.4, -0.2) is 17.5 Å². The van der Waals surface area contributed by atoms with Gasteiger partial charge in [-0.1, -0.05) is 86.3 Å². The van der Waals surface area contributed by atoms with Crippen LogP contribution in [0.15, 0.2) is 78.4 Å². The second kappa shape index (κ2) is 12.9. The molecule has 1 aliphatic carbocycles. The molecular weight excluding hydrogens is 498 g/mol. The normalized spacial score (nSPS) is 17.4. The first-order valence-electron chi connectivity index (χ1n) is 14.7. The van der Waals surface area contributed by atoms with Crippen LogP contribution in [0.1, 0.15) is 81.5 Å². The lowest BCUT2D eigenvalue weighted by Gasteiger charge is -2.38. The Hall–Kier alpha value is -3.01. The fraction of sp³-hybridized carbons (Fsp3) is 0.371. The van der Waals surface area contributed by atoms with Crippen LogP contribution in [0.5, 0.6) is 0 Å². The quantitative estimate of drug-likeness (QED) is 0.298. The third-order valence-electron chi connectivity index (χ3n) is 8.49. The first kappa shape index (κ1) is 27.6. The Balaban J connectivity index is 1.40. The van der Waals surface area contributed by atoms with E-state index in [-0.39, 0.29) is 0 Å². The molecule has 2 N–H and O–H groups in total. The van der Waals surface area contributed by atoms with Gasteiger partial charge in [-0.15, -0.1) is 0 Å². The number of rotatable bonds is 8. The predicted molar refractivity (Wildman–Crippen MR) is 168 cm³/mol. The van der Waals surface area contributed by atoms with Crippen LogP contribution in [0, 0.1) is 0 Å². The van der Waals surface area contributed by atoms with Crippen molar-refractivity contribution in [3.05, 3.63) is 106 Å². The number of nitrogens with one attached hydrogen (secondary N) is 2. The molecule has 3 nitrogen and oxygen atoms in total. The SMILES string of the molecule is C/C=C(\NC(=C(C)CC)c1cc(Nc2cccc3c2CCN(C2CCCCC2)C3)ccc1Cl)c1ccccc1. The molecule has 5 rings (SSSR count). The first-order chi connectivity index (χ1) is 19.1. The highest BCUT2D eigenvalue weighted by Crippen LogP contribution is 2.35. The van der Waals surface area contributed by atoms with E-state index >= 15 is 0 Å². The highest BCUT2D eigenvalue weighted by Gasteiger charge is 2.26. The molecule has 0 unspecified atom stereocenters. The summed E-state index contributed by atoms with van der Waals surface area (Å²) >= 11 is 6.85. The van der Waals surface area contributed by atoms with E-state index in [2.05, 4.69) is 97.0 Å². The summed E-state index contributed by atoms with van der Waals surface area (Å²) in [6.07, 6.45) is 11.1. The van der Waals surface area contributed by atoms with E-state index < -0.39 is 0 Å². The first-order valence-corrected chi connectivity index (χ1v) is 15.1. The summed E-state index contributed by atoms with van der Waals surface area (Å²) in [6.45, 7) is 8.67. The summed E-state index contributed by atoms with van der Waals surface area (Å²) < 4.78 is 0. The molecule has 3 aromatic rings. The van der Waals surface area contributed by atoms with E-state index in [0.29, 0.717) is 0 Å². The van der Waals surface area contributed by atoms with Gasteiger partial charge in [0.25, 0.3) is 0 Å². The Bertz CT molecular complexity index is 1340. The Morgan fingerprint density at radius 1 is 1.00 bits per heavy atom. The van der Waals surface area contributed by atoms with Gasteiger partial charge in [0.2, 0.25) is 0 Å². The van der Waals surface area contributed by atoms with Gasteiger partial charge >= 0.3 is 0 Å². The van der Waals surface area contributed by atoms with Gasteiger partial charge in [-0.3, -0.25) is 4.90 Å². The van der Waals surface area contributed by atoms with Crippen LogP contribution in [0.4, 0.5) is 11.4 Å². The number of anilines is 2. The van der Waals surface area contributed by atoms with Crippen LogP contribution in [0.3, 0.4) is 0 Å². The fourth-order valence-electron chi connectivity index (χ4n) is 6.10. The zero-order chi connectivity index (χ0) is 27.2. The fourth-order valence-corrected chi connectivity index (χ4v) is 6.31. The van der Waals surface area contributed by atoms with E-state index in [9.17, 15) is 0 Å². The Labute approximate surface area is 240 Å². The molecule has 0 spiro atoms. The minimum absolute atomic E-state index is 0.748. The maximum Gasteiger partial charge on any atom is 0.0500 e. The lowest BCUT2D eigenvalue weighted by atomic mass is 9.90. The topological polar surface area (TPSA) is 27.3 Å². The van der Waals surface area contributed by atoms with Crippen molar-refractivity contribution in [2.45, 2.75) is 78.3 Å². The molecule has 4 heteroatoms. The monoisotopic (exact) mass is 539 g/mol. The van der Waals surface area contributed by atoms with Crippen molar-refractivity contribution in [2.75, 3.05) is 11.9 Å². The second-order valence-electron chi connectivity index (χ2n) is 11.0. The summed E-state index contributed by atoms with van der Waals surface area (Å²) in [7, 11) is 0. The van der Waals surface area contributed by atoms with Gasteiger partial charge < -0.3 is 10.6 Å². The molecule has 0 bridgehead atoms. The molecule has 0 saturated heterocycles. The van der Waals surface area contributed by atoms with E-state index in [1.807, 2.05) is 12.1 Å². The molecule has 204 valence electrons. The molecule has 1 heterocycles. The van der Waals surface area contributed by atoms with Crippen molar-refractivity contribution in [1.82, 2.24) is 10.2 Å². The lowest BCUT2D eigenvalue weighted by molar-refractivity contribution is 0.141. The molecule has 3 aromatic carbocycles. The largest absolute Gasteiger partial charge is 0.355 e. The summed E-state index contributed by atoms with van der Waals surface area (Å²) in [5.74, 6) is 0. The van der Waals surface area contributed by atoms with Gasteiger partial charge in [-0.2, -0.15) is 0 Å². The van der Waals surface area contributed by atoms with Gasteiger partial charge in [0, 0.05) is 47.5 Å².